The van der Waals surface area contributed by atoms with Crippen LogP contribution in [0.5, 0.6) is 0 Å². The largest absolute Gasteiger partial charge is 0.393 e. The highest BCUT2D eigenvalue weighted by atomic mass is 19.1. The van der Waals surface area contributed by atoms with Crippen molar-refractivity contribution in [2.45, 2.75) is 44.2 Å². The molecule has 0 saturated heterocycles. The lowest BCUT2D eigenvalue weighted by atomic mass is 9.93. The number of halogens is 1. The zero-order valence-electron chi connectivity index (χ0n) is 11.6. The van der Waals surface area contributed by atoms with E-state index < -0.39 is 11.7 Å². The van der Waals surface area contributed by atoms with Gasteiger partial charge in [0.25, 0.3) is 0 Å². The van der Waals surface area contributed by atoms with E-state index >= 15 is 0 Å². The molecular formula is C15H18FN3O2. The van der Waals surface area contributed by atoms with Gasteiger partial charge >= 0.3 is 0 Å². The van der Waals surface area contributed by atoms with Gasteiger partial charge in [0.15, 0.2) is 0 Å². The SMILES string of the molecule is N#CCC(=O)Nc1cc(F)ccc1NC1CCC(O)CC1. The molecule has 6 heteroatoms. The summed E-state index contributed by atoms with van der Waals surface area (Å²) in [5.41, 5.74) is 0.963. The monoisotopic (exact) mass is 291 g/mol. The second-order valence-electron chi connectivity index (χ2n) is 5.22. The number of hydrogen-bond acceptors (Lipinski definition) is 4. The van der Waals surface area contributed by atoms with Crippen LogP contribution < -0.4 is 10.6 Å². The molecule has 1 fully saturated rings. The van der Waals surface area contributed by atoms with Crippen molar-refractivity contribution in [3.05, 3.63) is 24.0 Å². The Morgan fingerprint density at radius 1 is 1.33 bits per heavy atom. The number of anilines is 2. The van der Waals surface area contributed by atoms with Crippen molar-refractivity contribution >= 4 is 17.3 Å². The highest BCUT2D eigenvalue weighted by Gasteiger charge is 2.20. The predicted octanol–water partition coefficient (Wildman–Crippen LogP) is 2.39. The first kappa shape index (κ1) is 15.3. The molecule has 0 unspecified atom stereocenters. The van der Waals surface area contributed by atoms with E-state index in [4.69, 9.17) is 5.26 Å². The molecule has 0 atom stereocenters. The van der Waals surface area contributed by atoms with Crippen LogP contribution in [0.4, 0.5) is 15.8 Å². The summed E-state index contributed by atoms with van der Waals surface area (Å²) in [4.78, 5) is 11.5. The van der Waals surface area contributed by atoms with Crippen LogP contribution in [0.2, 0.25) is 0 Å². The van der Waals surface area contributed by atoms with Gasteiger partial charge in [-0.15, -0.1) is 0 Å². The summed E-state index contributed by atoms with van der Waals surface area (Å²) in [5.74, 6) is -0.919. The molecule has 0 spiro atoms. The number of aliphatic hydroxyl groups is 1. The molecule has 0 aromatic heterocycles. The van der Waals surface area contributed by atoms with E-state index in [1.807, 2.05) is 0 Å². The molecule has 0 heterocycles. The van der Waals surface area contributed by atoms with Gasteiger partial charge in [0.1, 0.15) is 12.2 Å². The van der Waals surface area contributed by atoms with Gasteiger partial charge in [-0.1, -0.05) is 0 Å². The van der Waals surface area contributed by atoms with E-state index in [2.05, 4.69) is 10.6 Å². The number of nitrogens with zero attached hydrogens (tertiary/aromatic N) is 1. The predicted molar refractivity (Wildman–Crippen MR) is 77.1 cm³/mol. The Labute approximate surface area is 122 Å². The van der Waals surface area contributed by atoms with E-state index in [1.54, 1.807) is 12.1 Å². The van der Waals surface area contributed by atoms with Crippen LogP contribution >= 0.6 is 0 Å². The third-order valence-electron chi connectivity index (χ3n) is 3.55. The van der Waals surface area contributed by atoms with Crippen LogP contribution in [-0.2, 0) is 4.79 Å². The molecule has 0 aliphatic heterocycles. The molecule has 1 saturated carbocycles. The summed E-state index contributed by atoms with van der Waals surface area (Å²) in [6.07, 6.45) is 2.59. The van der Waals surface area contributed by atoms with Crippen LogP contribution in [-0.4, -0.2) is 23.2 Å². The summed E-state index contributed by atoms with van der Waals surface area (Å²) >= 11 is 0. The molecular weight excluding hydrogens is 273 g/mol. The summed E-state index contributed by atoms with van der Waals surface area (Å²) in [6, 6.07) is 6.06. The molecule has 0 radical (unpaired) electrons. The minimum atomic E-state index is -0.467. The van der Waals surface area contributed by atoms with Crippen molar-refractivity contribution in [1.82, 2.24) is 0 Å². The molecule has 1 aromatic carbocycles. The fourth-order valence-corrected chi connectivity index (χ4v) is 2.45. The molecule has 112 valence electrons. The van der Waals surface area contributed by atoms with Gasteiger partial charge in [0.2, 0.25) is 5.91 Å². The Morgan fingerprint density at radius 3 is 2.71 bits per heavy atom. The molecule has 0 bridgehead atoms. The van der Waals surface area contributed by atoms with Gasteiger partial charge in [-0.25, -0.2) is 4.39 Å². The summed E-state index contributed by atoms with van der Waals surface area (Å²) in [5, 5.41) is 23.8. The van der Waals surface area contributed by atoms with Crippen LogP contribution in [0.15, 0.2) is 18.2 Å². The Hall–Kier alpha value is -2.13. The topological polar surface area (TPSA) is 85.2 Å². The van der Waals surface area contributed by atoms with Gasteiger partial charge in [-0.3, -0.25) is 4.79 Å². The van der Waals surface area contributed by atoms with Crippen molar-refractivity contribution in [2.75, 3.05) is 10.6 Å². The van der Waals surface area contributed by atoms with Crippen LogP contribution in [0.3, 0.4) is 0 Å². The van der Waals surface area contributed by atoms with Crippen LogP contribution in [0.1, 0.15) is 32.1 Å². The summed E-state index contributed by atoms with van der Waals surface area (Å²) < 4.78 is 13.3. The number of nitriles is 1. The van der Waals surface area contributed by atoms with Crippen molar-refractivity contribution < 1.29 is 14.3 Å². The minimum absolute atomic E-state index is 0.186. The minimum Gasteiger partial charge on any atom is -0.393 e. The lowest BCUT2D eigenvalue weighted by Crippen LogP contribution is -2.28. The molecule has 1 aromatic rings. The van der Waals surface area contributed by atoms with E-state index in [0.29, 0.717) is 11.4 Å². The van der Waals surface area contributed by atoms with Gasteiger partial charge in [-0.2, -0.15) is 5.26 Å². The lowest BCUT2D eigenvalue weighted by Gasteiger charge is -2.28. The molecule has 1 aliphatic rings. The average Bonchev–Trinajstić information content (AvgIpc) is 2.44. The van der Waals surface area contributed by atoms with Gasteiger partial charge in [0.05, 0.1) is 23.5 Å². The van der Waals surface area contributed by atoms with E-state index in [9.17, 15) is 14.3 Å². The van der Waals surface area contributed by atoms with Crippen molar-refractivity contribution in [3.63, 3.8) is 0 Å². The molecule has 21 heavy (non-hydrogen) atoms. The average molecular weight is 291 g/mol. The highest BCUT2D eigenvalue weighted by Crippen LogP contribution is 2.27. The van der Waals surface area contributed by atoms with Gasteiger partial charge in [-0.05, 0) is 43.9 Å². The van der Waals surface area contributed by atoms with E-state index in [0.717, 1.165) is 25.7 Å². The molecule has 3 N–H and O–H groups in total. The number of carbonyl (C=O) groups is 1. The fraction of sp³-hybridized carbons (Fsp3) is 0.467. The van der Waals surface area contributed by atoms with Crippen molar-refractivity contribution in [2.24, 2.45) is 0 Å². The van der Waals surface area contributed by atoms with Crippen LogP contribution in [0.25, 0.3) is 0 Å². The third-order valence-corrected chi connectivity index (χ3v) is 3.55. The van der Waals surface area contributed by atoms with E-state index in [1.165, 1.54) is 12.1 Å². The Kier molecular flexibility index (Phi) is 5.12. The number of benzene rings is 1. The highest BCUT2D eigenvalue weighted by molar-refractivity contribution is 5.95. The van der Waals surface area contributed by atoms with Crippen molar-refractivity contribution in [3.8, 4) is 6.07 Å². The Balaban J connectivity index is 2.07. The van der Waals surface area contributed by atoms with Gasteiger partial charge in [0, 0.05) is 6.04 Å². The summed E-state index contributed by atoms with van der Waals surface area (Å²) in [6.45, 7) is 0. The van der Waals surface area contributed by atoms with Crippen LogP contribution in [0, 0.1) is 17.1 Å². The summed E-state index contributed by atoms with van der Waals surface area (Å²) in [7, 11) is 0. The van der Waals surface area contributed by atoms with E-state index in [-0.39, 0.29) is 18.6 Å². The number of amides is 1. The number of aliphatic hydroxyl groups excluding tert-OH is 1. The first-order valence-electron chi connectivity index (χ1n) is 6.99. The molecule has 5 nitrogen and oxygen atoms in total. The third kappa shape index (κ3) is 4.43. The lowest BCUT2D eigenvalue weighted by molar-refractivity contribution is -0.115. The first-order valence-corrected chi connectivity index (χ1v) is 6.99. The maximum Gasteiger partial charge on any atom is 0.238 e. The first-order chi connectivity index (χ1) is 10.1. The number of carbonyl (C=O) groups excluding carboxylic acids is 1. The molecule has 2 rings (SSSR count). The Morgan fingerprint density at radius 2 is 2.05 bits per heavy atom. The smallest absolute Gasteiger partial charge is 0.238 e. The Bertz CT molecular complexity index is 548. The maximum absolute atomic E-state index is 13.3. The van der Waals surface area contributed by atoms with Crippen molar-refractivity contribution in [1.29, 1.82) is 5.26 Å². The number of rotatable bonds is 4. The van der Waals surface area contributed by atoms with Gasteiger partial charge < -0.3 is 15.7 Å². The second-order valence-corrected chi connectivity index (χ2v) is 5.22. The quantitative estimate of drug-likeness (QED) is 0.795. The standard InChI is InChI=1S/C15H18FN3O2/c16-10-1-6-13(14(9-10)19-15(21)7-8-17)18-11-2-4-12(20)5-3-11/h1,6,9,11-12,18,20H,2-5,7H2,(H,19,21). The molecule has 1 aliphatic carbocycles. The maximum atomic E-state index is 13.3. The fourth-order valence-electron chi connectivity index (χ4n) is 2.45. The number of hydrogen-bond donors (Lipinski definition) is 3. The normalized spacial score (nSPS) is 21.4. The molecule has 1 amide bonds. The zero-order valence-corrected chi connectivity index (χ0v) is 11.6. The number of nitrogens with one attached hydrogen (secondary N) is 2. The second kappa shape index (κ2) is 7.04. The zero-order chi connectivity index (χ0) is 15.2.